The first-order chi connectivity index (χ1) is 9.72. The van der Waals surface area contributed by atoms with Gasteiger partial charge in [-0.2, -0.15) is 0 Å². The van der Waals surface area contributed by atoms with Crippen LogP contribution in [-0.4, -0.2) is 9.97 Å². The Morgan fingerprint density at radius 2 is 2.00 bits per heavy atom. The summed E-state index contributed by atoms with van der Waals surface area (Å²) in [7, 11) is 0. The van der Waals surface area contributed by atoms with Gasteiger partial charge in [-0.1, -0.05) is 12.1 Å². The topological polar surface area (TPSA) is 37.8 Å². The molecule has 1 aromatic heterocycles. The van der Waals surface area contributed by atoms with E-state index in [1.54, 1.807) is 6.20 Å². The molecule has 1 N–H and O–H groups in total. The van der Waals surface area contributed by atoms with Gasteiger partial charge in [-0.25, -0.2) is 14.4 Å². The van der Waals surface area contributed by atoms with Crippen LogP contribution in [0, 0.1) is 18.7 Å². The van der Waals surface area contributed by atoms with Gasteiger partial charge in [-0.05, 0) is 49.4 Å². The number of aromatic nitrogens is 2. The van der Waals surface area contributed by atoms with Crippen LogP contribution in [0.3, 0.4) is 0 Å². The Kier molecular flexibility index (Phi) is 3.74. The van der Waals surface area contributed by atoms with Crippen molar-refractivity contribution in [2.24, 2.45) is 5.92 Å². The molecule has 0 spiro atoms. The first-order valence-corrected chi connectivity index (χ1v) is 7.00. The Labute approximate surface area is 118 Å². The van der Waals surface area contributed by atoms with Crippen molar-refractivity contribution in [2.45, 2.75) is 32.4 Å². The predicted octanol–water partition coefficient (Wildman–Crippen LogP) is 3.17. The molecule has 20 heavy (non-hydrogen) atoms. The smallest absolute Gasteiger partial charge is 0.125 e. The van der Waals surface area contributed by atoms with Gasteiger partial charge in [-0.3, -0.25) is 0 Å². The third-order valence-electron chi connectivity index (χ3n) is 3.66. The molecule has 1 aliphatic carbocycles. The molecule has 3 nitrogen and oxygen atoms in total. The van der Waals surface area contributed by atoms with E-state index in [1.807, 2.05) is 25.1 Å². The highest BCUT2D eigenvalue weighted by atomic mass is 19.1. The summed E-state index contributed by atoms with van der Waals surface area (Å²) < 4.78 is 13.0. The van der Waals surface area contributed by atoms with Crippen LogP contribution in [0.1, 0.15) is 36.0 Å². The summed E-state index contributed by atoms with van der Waals surface area (Å²) >= 11 is 0. The number of aryl methyl sites for hydroxylation is 1. The highest BCUT2D eigenvalue weighted by Gasteiger charge is 2.31. The molecule has 0 bridgehead atoms. The van der Waals surface area contributed by atoms with E-state index in [4.69, 9.17) is 0 Å². The lowest BCUT2D eigenvalue weighted by atomic mass is 10.0. The minimum atomic E-state index is -0.185. The highest BCUT2D eigenvalue weighted by Crippen LogP contribution is 2.41. The summed E-state index contributed by atoms with van der Waals surface area (Å²) in [6.45, 7) is 2.60. The number of halogens is 1. The monoisotopic (exact) mass is 271 g/mol. The van der Waals surface area contributed by atoms with Crippen LogP contribution in [0.5, 0.6) is 0 Å². The van der Waals surface area contributed by atoms with E-state index in [9.17, 15) is 4.39 Å². The third-order valence-corrected chi connectivity index (χ3v) is 3.66. The first kappa shape index (κ1) is 13.2. The SMILES string of the molecule is Cc1nccc(CNC(c2ccc(F)cc2)C2CC2)n1. The Balaban J connectivity index is 1.70. The molecule has 1 aromatic carbocycles. The zero-order valence-corrected chi connectivity index (χ0v) is 11.5. The van der Waals surface area contributed by atoms with Gasteiger partial charge in [0, 0.05) is 18.8 Å². The van der Waals surface area contributed by atoms with Gasteiger partial charge in [0.2, 0.25) is 0 Å². The summed E-state index contributed by atoms with van der Waals surface area (Å²) in [6, 6.07) is 9.01. The molecule has 4 heteroatoms. The first-order valence-electron chi connectivity index (χ1n) is 7.00. The lowest BCUT2D eigenvalue weighted by Gasteiger charge is -2.18. The number of hydrogen-bond acceptors (Lipinski definition) is 3. The molecule has 1 aliphatic rings. The van der Waals surface area contributed by atoms with E-state index in [0.717, 1.165) is 17.1 Å². The number of rotatable bonds is 5. The van der Waals surface area contributed by atoms with E-state index >= 15 is 0 Å². The number of benzene rings is 1. The van der Waals surface area contributed by atoms with Crippen LogP contribution in [0.25, 0.3) is 0 Å². The van der Waals surface area contributed by atoms with Gasteiger partial charge in [0.15, 0.2) is 0 Å². The molecule has 1 fully saturated rings. The maximum Gasteiger partial charge on any atom is 0.125 e. The fraction of sp³-hybridized carbons (Fsp3) is 0.375. The van der Waals surface area contributed by atoms with Crippen molar-refractivity contribution < 1.29 is 4.39 Å². The average molecular weight is 271 g/mol. The summed E-state index contributed by atoms with van der Waals surface area (Å²) in [4.78, 5) is 8.50. The maximum absolute atomic E-state index is 13.0. The third kappa shape index (κ3) is 3.20. The van der Waals surface area contributed by atoms with Crippen molar-refractivity contribution in [1.29, 1.82) is 0 Å². The zero-order valence-electron chi connectivity index (χ0n) is 11.5. The molecule has 1 unspecified atom stereocenters. The highest BCUT2D eigenvalue weighted by molar-refractivity contribution is 5.22. The van der Waals surface area contributed by atoms with Crippen molar-refractivity contribution in [1.82, 2.24) is 15.3 Å². The van der Waals surface area contributed by atoms with E-state index in [0.29, 0.717) is 12.5 Å². The van der Waals surface area contributed by atoms with Crippen LogP contribution in [0.2, 0.25) is 0 Å². The van der Waals surface area contributed by atoms with Crippen LogP contribution < -0.4 is 5.32 Å². The lowest BCUT2D eigenvalue weighted by Crippen LogP contribution is -2.23. The quantitative estimate of drug-likeness (QED) is 0.907. The van der Waals surface area contributed by atoms with E-state index in [2.05, 4.69) is 15.3 Å². The molecule has 0 radical (unpaired) electrons. The summed E-state index contributed by atoms with van der Waals surface area (Å²) in [5, 5.41) is 3.55. The molecule has 0 saturated heterocycles. The van der Waals surface area contributed by atoms with Crippen molar-refractivity contribution in [3.05, 3.63) is 59.4 Å². The second kappa shape index (κ2) is 5.67. The van der Waals surface area contributed by atoms with Crippen LogP contribution >= 0.6 is 0 Å². The minimum Gasteiger partial charge on any atom is -0.304 e. The van der Waals surface area contributed by atoms with Gasteiger partial charge >= 0.3 is 0 Å². The Morgan fingerprint density at radius 3 is 2.65 bits per heavy atom. The molecular formula is C16H18FN3. The minimum absolute atomic E-state index is 0.185. The fourth-order valence-electron chi connectivity index (χ4n) is 2.47. The van der Waals surface area contributed by atoms with Crippen LogP contribution in [0.4, 0.5) is 4.39 Å². The fourth-order valence-corrected chi connectivity index (χ4v) is 2.47. The second-order valence-electron chi connectivity index (χ2n) is 5.34. The Bertz CT molecular complexity index is 579. The van der Waals surface area contributed by atoms with Crippen molar-refractivity contribution >= 4 is 0 Å². The molecule has 2 aromatic rings. The van der Waals surface area contributed by atoms with Gasteiger partial charge in [0.05, 0.1) is 5.69 Å². The Morgan fingerprint density at radius 1 is 1.25 bits per heavy atom. The van der Waals surface area contributed by atoms with E-state index < -0.39 is 0 Å². The standard InChI is InChI=1S/C16H18FN3/c1-11-18-9-8-15(20-11)10-19-16(12-2-3-12)13-4-6-14(17)7-5-13/h4-9,12,16,19H,2-3,10H2,1H3. The van der Waals surface area contributed by atoms with Crippen LogP contribution in [0.15, 0.2) is 36.5 Å². The molecule has 0 aliphatic heterocycles. The van der Waals surface area contributed by atoms with Crippen molar-refractivity contribution in [3.8, 4) is 0 Å². The molecule has 3 rings (SSSR count). The normalized spacial score (nSPS) is 16.1. The van der Waals surface area contributed by atoms with Gasteiger partial charge < -0.3 is 5.32 Å². The number of hydrogen-bond donors (Lipinski definition) is 1. The molecule has 1 heterocycles. The van der Waals surface area contributed by atoms with Crippen LogP contribution in [-0.2, 0) is 6.54 Å². The molecule has 1 saturated carbocycles. The lowest BCUT2D eigenvalue weighted by molar-refractivity contribution is 0.475. The van der Waals surface area contributed by atoms with Gasteiger partial charge in [0.1, 0.15) is 11.6 Å². The average Bonchev–Trinajstić information content (AvgIpc) is 3.26. The van der Waals surface area contributed by atoms with Crippen molar-refractivity contribution in [3.63, 3.8) is 0 Å². The molecule has 0 amide bonds. The van der Waals surface area contributed by atoms with Crippen molar-refractivity contribution in [2.75, 3.05) is 0 Å². The zero-order chi connectivity index (χ0) is 13.9. The van der Waals surface area contributed by atoms with E-state index in [-0.39, 0.29) is 11.9 Å². The largest absolute Gasteiger partial charge is 0.304 e. The second-order valence-corrected chi connectivity index (χ2v) is 5.34. The van der Waals surface area contributed by atoms with Gasteiger partial charge in [-0.15, -0.1) is 0 Å². The summed E-state index contributed by atoms with van der Waals surface area (Å²) in [6.07, 6.45) is 4.25. The molecular weight excluding hydrogens is 253 g/mol. The van der Waals surface area contributed by atoms with E-state index in [1.165, 1.54) is 25.0 Å². The number of nitrogens with one attached hydrogen (secondary N) is 1. The Hall–Kier alpha value is -1.81. The molecule has 104 valence electrons. The number of nitrogens with zero attached hydrogens (tertiary/aromatic N) is 2. The summed E-state index contributed by atoms with van der Waals surface area (Å²) in [5.41, 5.74) is 2.14. The van der Waals surface area contributed by atoms with Gasteiger partial charge in [0.25, 0.3) is 0 Å². The maximum atomic E-state index is 13.0. The summed E-state index contributed by atoms with van der Waals surface area (Å²) in [5.74, 6) is 1.26. The predicted molar refractivity (Wildman–Crippen MR) is 75.5 cm³/mol. The molecule has 1 atom stereocenters.